The number of nitrogens with zero attached hydrogens (tertiary/aromatic N) is 4. The summed E-state index contributed by atoms with van der Waals surface area (Å²) in [5.74, 6) is 0. The molecule has 0 saturated carbocycles. The Morgan fingerprint density at radius 3 is 2.73 bits per heavy atom. The van der Waals surface area contributed by atoms with E-state index in [9.17, 15) is 4.79 Å². The maximum absolute atomic E-state index is 12.2. The quantitative estimate of drug-likeness (QED) is 0.889. The van der Waals surface area contributed by atoms with Crippen molar-refractivity contribution < 1.29 is 9.53 Å². The molecule has 1 amide bonds. The average Bonchev–Trinajstić information content (AvgIpc) is 2.96. The lowest BCUT2D eigenvalue weighted by molar-refractivity contribution is 0.00422. The highest BCUT2D eigenvalue weighted by molar-refractivity contribution is 5.68. The molecule has 1 aromatic rings. The van der Waals surface area contributed by atoms with E-state index in [0.29, 0.717) is 19.6 Å². The molecule has 7 heteroatoms. The predicted molar refractivity (Wildman–Crippen MR) is 84.4 cm³/mol. The third-order valence-corrected chi connectivity index (χ3v) is 3.70. The van der Waals surface area contributed by atoms with Crippen molar-refractivity contribution in [3.05, 3.63) is 18.5 Å². The minimum atomic E-state index is -0.466. The van der Waals surface area contributed by atoms with Crippen molar-refractivity contribution in [2.45, 2.75) is 39.0 Å². The number of amides is 1. The van der Waals surface area contributed by atoms with Crippen LogP contribution in [-0.4, -0.2) is 70.0 Å². The van der Waals surface area contributed by atoms with E-state index in [2.05, 4.69) is 10.00 Å². The van der Waals surface area contributed by atoms with Crippen LogP contribution in [0.2, 0.25) is 0 Å². The number of rotatable bonds is 4. The van der Waals surface area contributed by atoms with Gasteiger partial charge in [0, 0.05) is 51.2 Å². The third-order valence-electron chi connectivity index (χ3n) is 3.70. The summed E-state index contributed by atoms with van der Waals surface area (Å²) in [6.45, 7) is 9.97. The maximum atomic E-state index is 12.2. The topological polar surface area (TPSA) is 76.6 Å². The lowest BCUT2D eigenvalue weighted by Gasteiger charge is -2.41. The second-order valence-electron chi connectivity index (χ2n) is 6.62. The first-order chi connectivity index (χ1) is 10.4. The lowest BCUT2D eigenvalue weighted by atomic mass is 10.1. The molecule has 1 unspecified atom stereocenters. The van der Waals surface area contributed by atoms with Gasteiger partial charge in [0.2, 0.25) is 0 Å². The second-order valence-corrected chi connectivity index (χ2v) is 6.62. The van der Waals surface area contributed by atoms with Crippen molar-refractivity contribution in [3.8, 4) is 0 Å². The number of carbonyl (C=O) groups is 1. The molecule has 1 aromatic heterocycles. The minimum Gasteiger partial charge on any atom is -0.444 e. The second kappa shape index (κ2) is 7.11. The zero-order valence-corrected chi connectivity index (χ0v) is 13.7. The normalized spacial score (nSPS) is 20.2. The number of hydrogen-bond acceptors (Lipinski definition) is 5. The van der Waals surface area contributed by atoms with E-state index in [-0.39, 0.29) is 12.1 Å². The van der Waals surface area contributed by atoms with Gasteiger partial charge in [-0.2, -0.15) is 5.10 Å². The van der Waals surface area contributed by atoms with E-state index in [1.54, 1.807) is 11.1 Å². The fraction of sp³-hybridized carbons (Fsp3) is 0.733. The molecule has 1 saturated heterocycles. The molecule has 22 heavy (non-hydrogen) atoms. The Bertz CT molecular complexity index is 469. The van der Waals surface area contributed by atoms with Gasteiger partial charge in [-0.05, 0) is 26.8 Å². The molecule has 0 aliphatic carbocycles. The fourth-order valence-electron chi connectivity index (χ4n) is 2.57. The van der Waals surface area contributed by atoms with Crippen molar-refractivity contribution >= 4 is 6.09 Å². The SMILES string of the molecule is CC(C)(C)OC(=O)N1CCN(CCn2cccn2)C(CN)C1. The summed E-state index contributed by atoms with van der Waals surface area (Å²) in [6.07, 6.45) is 3.48. The summed E-state index contributed by atoms with van der Waals surface area (Å²) in [6, 6.07) is 2.08. The Hall–Kier alpha value is -1.60. The Labute approximate surface area is 132 Å². The molecule has 2 rings (SSSR count). The van der Waals surface area contributed by atoms with E-state index >= 15 is 0 Å². The van der Waals surface area contributed by atoms with Crippen LogP contribution in [0.5, 0.6) is 0 Å². The lowest BCUT2D eigenvalue weighted by Crippen LogP contribution is -2.58. The van der Waals surface area contributed by atoms with Crippen molar-refractivity contribution in [1.29, 1.82) is 0 Å². The molecule has 1 aliphatic heterocycles. The number of nitrogens with two attached hydrogens (primary N) is 1. The van der Waals surface area contributed by atoms with Gasteiger partial charge in [0.05, 0.1) is 6.54 Å². The zero-order valence-electron chi connectivity index (χ0n) is 13.7. The van der Waals surface area contributed by atoms with Gasteiger partial charge in [-0.1, -0.05) is 0 Å². The van der Waals surface area contributed by atoms with Crippen LogP contribution < -0.4 is 5.73 Å². The minimum absolute atomic E-state index is 0.164. The summed E-state index contributed by atoms with van der Waals surface area (Å²) >= 11 is 0. The molecule has 2 N–H and O–H groups in total. The Balaban J connectivity index is 1.86. The highest BCUT2D eigenvalue weighted by Crippen LogP contribution is 2.14. The number of carbonyl (C=O) groups excluding carboxylic acids is 1. The van der Waals surface area contributed by atoms with Crippen LogP contribution in [0.1, 0.15) is 20.8 Å². The van der Waals surface area contributed by atoms with Gasteiger partial charge in [0.1, 0.15) is 5.60 Å². The summed E-state index contributed by atoms with van der Waals surface area (Å²) in [5.41, 5.74) is 5.42. The number of piperazine rings is 1. The van der Waals surface area contributed by atoms with Crippen LogP contribution >= 0.6 is 0 Å². The van der Waals surface area contributed by atoms with Gasteiger partial charge in [0.15, 0.2) is 0 Å². The molecule has 124 valence electrons. The molecule has 1 atom stereocenters. The third kappa shape index (κ3) is 4.71. The average molecular weight is 309 g/mol. The molecule has 1 aliphatic rings. The number of ether oxygens (including phenoxy) is 1. The smallest absolute Gasteiger partial charge is 0.410 e. The molecule has 1 fully saturated rings. The molecular formula is C15H27N5O2. The predicted octanol–water partition coefficient (Wildman–Crippen LogP) is 0.763. The van der Waals surface area contributed by atoms with E-state index in [1.807, 2.05) is 37.7 Å². The summed E-state index contributed by atoms with van der Waals surface area (Å²) in [4.78, 5) is 16.2. The number of hydrogen-bond donors (Lipinski definition) is 1. The van der Waals surface area contributed by atoms with E-state index < -0.39 is 5.60 Å². The van der Waals surface area contributed by atoms with Crippen molar-refractivity contribution in [2.24, 2.45) is 5.73 Å². The van der Waals surface area contributed by atoms with Gasteiger partial charge in [-0.25, -0.2) is 4.79 Å². The first-order valence-corrected chi connectivity index (χ1v) is 7.78. The molecule has 0 spiro atoms. The van der Waals surface area contributed by atoms with Gasteiger partial charge in [-0.3, -0.25) is 9.58 Å². The van der Waals surface area contributed by atoms with Crippen LogP contribution in [0.3, 0.4) is 0 Å². The van der Waals surface area contributed by atoms with Crippen molar-refractivity contribution in [3.63, 3.8) is 0 Å². The molecule has 0 aromatic carbocycles. The van der Waals surface area contributed by atoms with Crippen molar-refractivity contribution in [1.82, 2.24) is 19.6 Å². The molecule has 0 bridgehead atoms. The van der Waals surface area contributed by atoms with Gasteiger partial charge < -0.3 is 15.4 Å². The van der Waals surface area contributed by atoms with Crippen LogP contribution in [0.4, 0.5) is 4.79 Å². The summed E-state index contributed by atoms with van der Waals surface area (Å²) < 4.78 is 7.35. The molecule has 7 nitrogen and oxygen atoms in total. The molecule has 0 radical (unpaired) electrons. The molecule has 2 heterocycles. The number of aromatic nitrogens is 2. The standard InChI is InChI=1S/C15H27N5O2/c1-15(2,3)22-14(21)19-8-7-18(13(11-16)12-19)9-10-20-6-4-5-17-20/h4-6,13H,7-12,16H2,1-3H3. The van der Waals surface area contributed by atoms with E-state index in [1.165, 1.54) is 0 Å². The maximum Gasteiger partial charge on any atom is 0.410 e. The Morgan fingerprint density at radius 2 is 2.14 bits per heavy atom. The van der Waals surface area contributed by atoms with E-state index in [0.717, 1.165) is 19.6 Å². The summed E-state index contributed by atoms with van der Waals surface area (Å²) in [7, 11) is 0. The zero-order chi connectivity index (χ0) is 16.2. The van der Waals surface area contributed by atoms with E-state index in [4.69, 9.17) is 10.5 Å². The Morgan fingerprint density at radius 1 is 1.36 bits per heavy atom. The Kier molecular flexibility index (Phi) is 5.42. The first-order valence-electron chi connectivity index (χ1n) is 7.78. The van der Waals surface area contributed by atoms with Gasteiger partial charge in [-0.15, -0.1) is 0 Å². The van der Waals surface area contributed by atoms with Gasteiger partial charge >= 0.3 is 6.09 Å². The largest absolute Gasteiger partial charge is 0.444 e. The van der Waals surface area contributed by atoms with Crippen molar-refractivity contribution in [2.75, 3.05) is 32.7 Å². The van der Waals surface area contributed by atoms with Crippen LogP contribution in [0.25, 0.3) is 0 Å². The van der Waals surface area contributed by atoms with Crippen LogP contribution in [-0.2, 0) is 11.3 Å². The van der Waals surface area contributed by atoms with Crippen LogP contribution in [0, 0.1) is 0 Å². The van der Waals surface area contributed by atoms with Crippen LogP contribution in [0.15, 0.2) is 18.5 Å². The summed E-state index contributed by atoms with van der Waals surface area (Å²) in [5, 5.41) is 4.21. The first kappa shape index (κ1) is 16.8. The highest BCUT2D eigenvalue weighted by Gasteiger charge is 2.31. The van der Waals surface area contributed by atoms with Gasteiger partial charge in [0.25, 0.3) is 0 Å². The fourth-order valence-corrected chi connectivity index (χ4v) is 2.57. The monoisotopic (exact) mass is 309 g/mol. The molecular weight excluding hydrogens is 282 g/mol. The highest BCUT2D eigenvalue weighted by atomic mass is 16.6.